The molecular formula is C17H21N5O2S. The molecule has 0 spiro atoms. The van der Waals surface area contributed by atoms with Crippen molar-refractivity contribution in [2.75, 3.05) is 19.7 Å². The summed E-state index contributed by atoms with van der Waals surface area (Å²) in [6.07, 6.45) is 4.96. The third-order valence-electron chi connectivity index (χ3n) is 5.30. The van der Waals surface area contributed by atoms with Gasteiger partial charge in [0.1, 0.15) is 11.4 Å². The van der Waals surface area contributed by atoms with Crippen LogP contribution in [0.2, 0.25) is 0 Å². The number of fused-ring (bicyclic) bond motifs is 3. The Bertz CT molecular complexity index is 726. The molecule has 7 nitrogen and oxygen atoms in total. The fraction of sp³-hybridized carbons (Fsp3) is 0.471. The lowest BCUT2D eigenvalue weighted by atomic mass is 10.2. The Morgan fingerprint density at radius 2 is 2.08 bits per heavy atom. The molecule has 4 aliphatic heterocycles. The monoisotopic (exact) mass is 359 g/mol. The Labute approximate surface area is 150 Å². The fourth-order valence-corrected chi connectivity index (χ4v) is 5.36. The highest BCUT2D eigenvalue weighted by Crippen LogP contribution is 2.44. The molecular weight excluding hydrogens is 338 g/mol. The minimum atomic E-state index is 0.0583. The van der Waals surface area contributed by atoms with Gasteiger partial charge in [0.2, 0.25) is 0 Å². The van der Waals surface area contributed by atoms with Gasteiger partial charge in [-0.05, 0) is 36.4 Å². The van der Waals surface area contributed by atoms with Crippen LogP contribution in [0.4, 0.5) is 0 Å². The highest BCUT2D eigenvalue weighted by atomic mass is 32.2. The first-order chi connectivity index (χ1) is 12.3. The highest BCUT2D eigenvalue weighted by Gasteiger charge is 2.43. The average Bonchev–Trinajstić information content (AvgIpc) is 3.35. The molecule has 2 bridgehead atoms. The van der Waals surface area contributed by atoms with Gasteiger partial charge in [0.25, 0.3) is 5.91 Å². The van der Waals surface area contributed by atoms with Gasteiger partial charge in [-0.25, -0.2) is 4.31 Å². The SMILES string of the molecule is O=C(C1=CNNN1)N1CC2CCC(C1)N2Sc1cccc2c1OCC2. The number of carbonyl (C=O) groups is 1. The molecule has 25 heavy (non-hydrogen) atoms. The van der Waals surface area contributed by atoms with Crippen molar-refractivity contribution < 1.29 is 9.53 Å². The Morgan fingerprint density at radius 1 is 1.24 bits per heavy atom. The first kappa shape index (κ1) is 15.4. The molecule has 0 saturated carbocycles. The van der Waals surface area contributed by atoms with Crippen molar-refractivity contribution in [3.8, 4) is 5.75 Å². The molecule has 4 heterocycles. The summed E-state index contributed by atoms with van der Waals surface area (Å²) in [5.41, 5.74) is 10.3. The number of rotatable bonds is 3. The standard InChI is InChI=1S/C17H21N5O2S/c23-17(14-8-18-20-19-14)21-9-12-4-5-13(10-21)22(12)25-15-3-1-2-11-6-7-24-16(11)15/h1-3,8,12-13,18-20H,4-7,9-10H2. The number of amides is 1. The van der Waals surface area contributed by atoms with Gasteiger partial charge < -0.3 is 15.1 Å². The summed E-state index contributed by atoms with van der Waals surface area (Å²) in [6, 6.07) is 7.22. The van der Waals surface area contributed by atoms with E-state index in [-0.39, 0.29) is 5.91 Å². The first-order valence-electron chi connectivity index (χ1n) is 8.76. The maximum atomic E-state index is 12.6. The van der Waals surface area contributed by atoms with Crippen LogP contribution in [0.1, 0.15) is 18.4 Å². The van der Waals surface area contributed by atoms with Crippen LogP contribution in [-0.4, -0.2) is 46.9 Å². The molecule has 2 atom stereocenters. The van der Waals surface area contributed by atoms with E-state index in [9.17, 15) is 4.79 Å². The number of ether oxygens (including phenoxy) is 1. The maximum absolute atomic E-state index is 12.6. The lowest BCUT2D eigenvalue weighted by molar-refractivity contribution is -0.129. The van der Waals surface area contributed by atoms with Crippen LogP contribution in [0.5, 0.6) is 5.75 Å². The number of hydrazine groups is 2. The minimum absolute atomic E-state index is 0.0583. The molecule has 1 amide bonds. The Hall–Kier alpha value is -1.90. The van der Waals surface area contributed by atoms with Gasteiger partial charge in [0, 0.05) is 37.8 Å². The summed E-state index contributed by atoms with van der Waals surface area (Å²) >= 11 is 1.81. The normalized spacial score (nSPS) is 27.4. The lowest BCUT2D eigenvalue weighted by Gasteiger charge is -2.40. The molecule has 0 aliphatic carbocycles. The van der Waals surface area contributed by atoms with Gasteiger partial charge in [0.05, 0.1) is 11.5 Å². The zero-order chi connectivity index (χ0) is 16.8. The molecule has 4 aliphatic rings. The van der Waals surface area contributed by atoms with Crippen LogP contribution in [-0.2, 0) is 11.2 Å². The van der Waals surface area contributed by atoms with Gasteiger partial charge in [-0.15, -0.1) is 0 Å². The molecule has 8 heteroatoms. The van der Waals surface area contributed by atoms with Crippen molar-refractivity contribution in [3.63, 3.8) is 0 Å². The van der Waals surface area contributed by atoms with E-state index in [2.05, 4.69) is 38.9 Å². The number of carbonyl (C=O) groups excluding carboxylic acids is 1. The molecule has 1 aromatic rings. The molecule has 5 rings (SSSR count). The van der Waals surface area contributed by atoms with E-state index in [1.165, 1.54) is 10.5 Å². The predicted molar refractivity (Wildman–Crippen MR) is 94.2 cm³/mol. The molecule has 0 aromatic heterocycles. The smallest absolute Gasteiger partial charge is 0.273 e. The third kappa shape index (κ3) is 2.65. The van der Waals surface area contributed by atoms with Crippen LogP contribution in [0.3, 0.4) is 0 Å². The Balaban J connectivity index is 1.31. The van der Waals surface area contributed by atoms with Crippen LogP contribution in [0.15, 0.2) is 35.0 Å². The van der Waals surface area contributed by atoms with Crippen molar-refractivity contribution >= 4 is 17.9 Å². The van der Waals surface area contributed by atoms with E-state index < -0.39 is 0 Å². The van der Waals surface area contributed by atoms with Crippen molar-refractivity contribution in [2.45, 2.75) is 36.2 Å². The van der Waals surface area contributed by atoms with Crippen molar-refractivity contribution in [3.05, 3.63) is 35.7 Å². The molecule has 2 saturated heterocycles. The van der Waals surface area contributed by atoms with Crippen LogP contribution in [0.25, 0.3) is 0 Å². The van der Waals surface area contributed by atoms with Gasteiger partial charge >= 0.3 is 0 Å². The molecule has 132 valence electrons. The van der Waals surface area contributed by atoms with E-state index >= 15 is 0 Å². The zero-order valence-electron chi connectivity index (χ0n) is 13.8. The largest absolute Gasteiger partial charge is 0.492 e. The summed E-state index contributed by atoms with van der Waals surface area (Å²) in [5, 5.41) is 0. The number of likely N-dealkylation sites (tertiary alicyclic amines) is 1. The summed E-state index contributed by atoms with van der Waals surface area (Å²) < 4.78 is 8.34. The molecule has 3 N–H and O–H groups in total. The highest BCUT2D eigenvalue weighted by molar-refractivity contribution is 7.97. The second-order valence-corrected chi connectivity index (χ2v) is 7.89. The Kier molecular flexibility index (Phi) is 3.76. The predicted octanol–water partition coefficient (Wildman–Crippen LogP) is 0.758. The summed E-state index contributed by atoms with van der Waals surface area (Å²) in [4.78, 5) is 15.8. The number of benzene rings is 1. The van der Waals surface area contributed by atoms with Gasteiger partial charge in [-0.1, -0.05) is 12.1 Å². The first-order valence-corrected chi connectivity index (χ1v) is 9.54. The van der Waals surface area contributed by atoms with E-state index in [0.717, 1.165) is 44.7 Å². The summed E-state index contributed by atoms with van der Waals surface area (Å²) in [6.45, 7) is 2.33. The van der Waals surface area contributed by atoms with E-state index in [0.29, 0.717) is 17.8 Å². The third-order valence-corrected chi connectivity index (χ3v) is 6.63. The van der Waals surface area contributed by atoms with Crippen LogP contribution < -0.4 is 21.1 Å². The van der Waals surface area contributed by atoms with Crippen LogP contribution in [0, 0.1) is 0 Å². The zero-order valence-corrected chi connectivity index (χ0v) is 14.6. The maximum Gasteiger partial charge on any atom is 0.273 e. The summed E-state index contributed by atoms with van der Waals surface area (Å²) in [5.74, 6) is 1.12. The number of para-hydroxylation sites is 1. The van der Waals surface area contributed by atoms with E-state index in [1.54, 1.807) is 6.20 Å². The van der Waals surface area contributed by atoms with Crippen molar-refractivity contribution in [2.24, 2.45) is 0 Å². The van der Waals surface area contributed by atoms with Gasteiger partial charge in [-0.2, -0.15) is 5.53 Å². The number of nitrogens with zero attached hydrogens (tertiary/aromatic N) is 2. The summed E-state index contributed by atoms with van der Waals surface area (Å²) in [7, 11) is 0. The minimum Gasteiger partial charge on any atom is -0.492 e. The second-order valence-electron chi connectivity index (χ2n) is 6.84. The van der Waals surface area contributed by atoms with Crippen molar-refractivity contribution in [1.29, 1.82) is 0 Å². The van der Waals surface area contributed by atoms with Crippen LogP contribution >= 0.6 is 11.9 Å². The molecule has 2 unspecified atom stereocenters. The molecule has 1 aromatic carbocycles. The number of nitrogens with one attached hydrogen (secondary N) is 3. The van der Waals surface area contributed by atoms with E-state index in [1.807, 2.05) is 16.8 Å². The fourth-order valence-electron chi connectivity index (χ4n) is 4.08. The topological polar surface area (TPSA) is 68.9 Å². The Morgan fingerprint density at radius 3 is 2.84 bits per heavy atom. The van der Waals surface area contributed by atoms with Gasteiger partial charge in [0.15, 0.2) is 0 Å². The van der Waals surface area contributed by atoms with Gasteiger partial charge in [-0.3, -0.25) is 10.2 Å². The lowest BCUT2D eigenvalue weighted by Crippen LogP contribution is -2.53. The second kappa shape index (κ2) is 6.12. The van der Waals surface area contributed by atoms with Crippen molar-refractivity contribution in [1.82, 2.24) is 25.6 Å². The number of hydrogen-bond donors (Lipinski definition) is 3. The molecule has 0 radical (unpaired) electrons. The average molecular weight is 359 g/mol. The number of piperazine rings is 1. The molecule has 2 fully saturated rings. The van der Waals surface area contributed by atoms with E-state index in [4.69, 9.17) is 4.74 Å². The number of hydrogen-bond acceptors (Lipinski definition) is 7. The quantitative estimate of drug-likeness (QED) is 0.689.